The first-order valence-electron chi connectivity index (χ1n) is 7.00. The van der Waals surface area contributed by atoms with Gasteiger partial charge < -0.3 is 20.8 Å². The third kappa shape index (κ3) is 4.66. The molecule has 1 aliphatic rings. The maximum atomic E-state index is 11.7. The van der Waals surface area contributed by atoms with E-state index in [1.165, 1.54) is 12.1 Å². The lowest BCUT2D eigenvalue weighted by molar-refractivity contribution is -0.139. The number of carboxylic acids is 1. The van der Waals surface area contributed by atoms with Gasteiger partial charge in [-0.15, -0.1) is 0 Å². The molecule has 114 valence electrons. The highest BCUT2D eigenvalue weighted by atomic mass is 16.4. The van der Waals surface area contributed by atoms with Crippen LogP contribution in [-0.2, 0) is 11.2 Å². The van der Waals surface area contributed by atoms with Crippen molar-refractivity contribution in [1.82, 2.24) is 10.6 Å². The van der Waals surface area contributed by atoms with Crippen molar-refractivity contribution in [2.45, 2.75) is 25.8 Å². The smallest absolute Gasteiger partial charge is 0.326 e. The summed E-state index contributed by atoms with van der Waals surface area (Å²) >= 11 is 0. The number of phenols is 1. The first-order chi connectivity index (χ1) is 9.95. The molecule has 1 aliphatic carbocycles. The summed E-state index contributed by atoms with van der Waals surface area (Å²) < 4.78 is 0. The molecule has 1 aromatic carbocycles. The van der Waals surface area contributed by atoms with Crippen LogP contribution in [0.25, 0.3) is 0 Å². The number of benzene rings is 1. The van der Waals surface area contributed by atoms with Crippen molar-refractivity contribution in [2.75, 3.05) is 6.54 Å². The first kappa shape index (κ1) is 15.2. The second kappa shape index (κ2) is 6.47. The van der Waals surface area contributed by atoms with Gasteiger partial charge in [-0.2, -0.15) is 0 Å². The van der Waals surface area contributed by atoms with Crippen LogP contribution in [0.3, 0.4) is 0 Å². The molecule has 21 heavy (non-hydrogen) atoms. The fraction of sp³-hybridized carbons (Fsp3) is 0.467. The number of aromatic hydroxyl groups is 1. The van der Waals surface area contributed by atoms with Crippen LogP contribution in [0.5, 0.6) is 5.75 Å². The minimum Gasteiger partial charge on any atom is -0.508 e. The number of aliphatic carboxylic acids is 1. The molecule has 0 heterocycles. The number of rotatable bonds is 6. The lowest BCUT2D eigenvalue weighted by Gasteiger charge is -2.15. The fourth-order valence-corrected chi connectivity index (χ4v) is 2.18. The predicted molar refractivity (Wildman–Crippen MR) is 77.0 cm³/mol. The van der Waals surface area contributed by atoms with Crippen LogP contribution in [0.4, 0.5) is 4.79 Å². The Kier molecular flexibility index (Phi) is 4.67. The number of hydrogen-bond donors (Lipinski definition) is 4. The zero-order chi connectivity index (χ0) is 15.4. The van der Waals surface area contributed by atoms with Gasteiger partial charge in [0.15, 0.2) is 0 Å². The molecule has 1 aromatic rings. The van der Waals surface area contributed by atoms with Gasteiger partial charge in [0, 0.05) is 13.0 Å². The number of hydrogen-bond acceptors (Lipinski definition) is 3. The average Bonchev–Trinajstić information content (AvgIpc) is 3.14. The molecule has 2 unspecified atom stereocenters. The minimum absolute atomic E-state index is 0.120. The van der Waals surface area contributed by atoms with Gasteiger partial charge >= 0.3 is 12.0 Å². The van der Waals surface area contributed by atoms with Crippen LogP contribution in [0, 0.1) is 11.8 Å². The normalized spacial score (nSPS) is 21.4. The predicted octanol–water partition coefficient (Wildman–Crippen LogP) is 1.34. The summed E-state index contributed by atoms with van der Waals surface area (Å²) in [6, 6.07) is 4.80. The van der Waals surface area contributed by atoms with Gasteiger partial charge in [0.1, 0.15) is 11.8 Å². The van der Waals surface area contributed by atoms with Crippen molar-refractivity contribution in [2.24, 2.45) is 11.8 Å². The van der Waals surface area contributed by atoms with E-state index in [1.807, 2.05) is 0 Å². The van der Waals surface area contributed by atoms with E-state index in [4.69, 9.17) is 0 Å². The third-order valence-electron chi connectivity index (χ3n) is 3.78. The van der Waals surface area contributed by atoms with E-state index in [-0.39, 0.29) is 12.2 Å². The van der Waals surface area contributed by atoms with E-state index >= 15 is 0 Å². The summed E-state index contributed by atoms with van der Waals surface area (Å²) in [5.41, 5.74) is 0.733. The van der Waals surface area contributed by atoms with Crippen LogP contribution in [0.15, 0.2) is 24.3 Å². The summed E-state index contributed by atoms with van der Waals surface area (Å²) in [7, 11) is 0. The first-order valence-corrected chi connectivity index (χ1v) is 7.00. The Morgan fingerprint density at radius 3 is 2.48 bits per heavy atom. The van der Waals surface area contributed by atoms with E-state index in [0.717, 1.165) is 12.0 Å². The van der Waals surface area contributed by atoms with Crippen molar-refractivity contribution < 1.29 is 19.8 Å². The number of amides is 2. The van der Waals surface area contributed by atoms with Gasteiger partial charge in [-0.3, -0.25) is 0 Å². The Labute approximate surface area is 123 Å². The molecule has 2 amide bonds. The largest absolute Gasteiger partial charge is 0.508 e. The Hall–Kier alpha value is -2.24. The molecule has 0 aliphatic heterocycles. The van der Waals surface area contributed by atoms with Crippen LogP contribution in [0.1, 0.15) is 18.9 Å². The molecule has 3 atom stereocenters. The van der Waals surface area contributed by atoms with E-state index in [1.54, 1.807) is 12.1 Å². The molecule has 0 saturated heterocycles. The molecule has 0 bridgehead atoms. The van der Waals surface area contributed by atoms with Crippen molar-refractivity contribution in [3.63, 3.8) is 0 Å². The highest BCUT2D eigenvalue weighted by Crippen LogP contribution is 2.36. The fourth-order valence-electron chi connectivity index (χ4n) is 2.18. The van der Waals surface area contributed by atoms with Gasteiger partial charge in [-0.1, -0.05) is 19.1 Å². The Balaban J connectivity index is 1.84. The van der Waals surface area contributed by atoms with E-state index in [9.17, 15) is 19.8 Å². The SMILES string of the molecule is CC1CC1CNC(=O)N[C@@H](Cc1ccc(O)cc1)C(=O)O. The topological polar surface area (TPSA) is 98.7 Å². The summed E-state index contributed by atoms with van der Waals surface area (Å²) in [4.78, 5) is 22.9. The maximum absolute atomic E-state index is 11.7. The van der Waals surface area contributed by atoms with Gasteiger partial charge in [-0.25, -0.2) is 9.59 Å². The molecule has 0 aromatic heterocycles. The second-order valence-electron chi connectivity index (χ2n) is 5.59. The van der Waals surface area contributed by atoms with Crippen LogP contribution in [-0.4, -0.2) is 34.8 Å². The zero-order valence-corrected chi connectivity index (χ0v) is 11.9. The highest BCUT2D eigenvalue weighted by Gasteiger charge is 2.32. The standard InChI is InChI=1S/C15H20N2O4/c1-9-6-11(9)8-16-15(21)17-13(14(19)20)7-10-2-4-12(18)5-3-10/h2-5,9,11,13,18H,6-8H2,1H3,(H,19,20)(H2,16,17,21)/t9?,11?,13-/m0/s1. The average molecular weight is 292 g/mol. The molecule has 1 saturated carbocycles. The Bertz CT molecular complexity index is 515. The van der Waals surface area contributed by atoms with Gasteiger partial charge in [0.2, 0.25) is 0 Å². The van der Waals surface area contributed by atoms with Crippen molar-refractivity contribution in [1.29, 1.82) is 0 Å². The number of carbonyl (C=O) groups is 2. The molecule has 2 rings (SSSR count). The molecule has 4 N–H and O–H groups in total. The number of urea groups is 1. The molecule has 1 fully saturated rings. The summed E-state index contributed by atoms with van der Waals surface area (Å²) in [6.45, 7) is 2.70. The number of carboxylic acid groups (broad SMARTS) is 1. The van der Waals surface area contributed by atoms with Crippen LogP contribution >= 0.6 is 0 Å². The van der Waals surface area contributed by atoms with Crippen LogP contribution < -0.4 is 10.6 Å². The number of carbonyl (C=O) groups excluding carboxylic acids is 1. The zero-order valence-electron chi connectivity index (χ0n) is 11.9. The molecule has 0 spiro atoms. The maximum Gasteiger partial charge on any atom is 0.326 e. The second-order valence-corrected chi connectivity index (χ2v) is 5.59. The van der Waals surface area contributed by atoms with Gasteiger partial charge in [-0.05, 0) is 36.0 Å². The summed E-state index contributed by atoms with van der Waals surface area (Å²) in [5, 5.41) is 23.5. The van der Waals surface area contributed by atoms with Crippen molar-refractivity contribution in [3.8, 4) is 5.75 Å². The monoisotopic (exact) mass is 292 g/mol. The molecule has 6 nitrogen and oxygen atoms in total. The molecule has 0 radical (unpaired) electrons. The third-order valence-corrected chi connectivity index (χ3v) is 3.78. The molecular weight excluding hydrogens is 272 g/mol. The lowest BCUT2D eigenvalue weighted by atomic mass is 10.1. The Morgan fingerprint density at radius 1 is 1.33 bits per heavy atom. The number of nitrogens with one attached hydrogen (secondary N) is 2. The number of phenolic OH excluding ortho intramolecular Hbond substituents is 1. The minimum atomic E-state index is -1.09. The summed E-state index contributed by atoms with van der Waals surface area (Å²) in [6.07, 6.45) is 1.28. The molecular formula is C15H20N2O4. The molecule has 6 heteroatoms. The van der Waals surface area contributed by atoms with Gasteiger partial charge in [0.25, 0.3) is 0 Å². The Morgan fingerprint density at radius 2 is 1.95 bits per heavy atom. The van der Waals surface area contributed by atoms with Crippen molar-refractivity contribution >= 4 is 12.0 Å². The van der Waals surface area contributed by atoms with Gasteiger partial charge in [0.05, 0.1) is 0 Å². The van der Waals surface area contributed by atoms with Crippen molar-refractivity contribution in [3.05, 3.63) is 29.8 Å². The van der Waals surface area contributed by atoms with E-state index in [2.05, 4.69) is 17.6 Å². The highest BCUT2D eigenvalue weighted by molar-refractivity contribution is 5.82. The van der Waals surface area contributed by atoms with Crippen LogP contribution in [0.2, 0.25) is 0 Å². The van der Waals surface area contributed by atoms with E-state index in [0.29, 0.717) is 18.4 Å². The summed E-state index contributed by atoms with van der Waals surface area (Å²) in [5.74, 6) is 0.182. The lowest BCUT2D eigenvalue weighted by Crippen LogP contribution is -2.47. The van der Waals surface area contributed by atoms with E-state index < -0.39 is 18.0 Å². The quantitative estimate of drug-likeness (QED) is 0.636.